The van der Waals surface area contributed by atoms with Crippen LogP contribution in [0.4, 0.5) is 0 Å². The van der Waals surface area contributed by atoms with E-state index < -0.39 is 0 Å². The van der Waals surface area contributed by atoms with Crippen LogP contribution in [0.2, 0.25) is 0 Å². The summed E-state index contributed by atoms with van der Waals surface area (Å²) >= 11 is 0. The fourth-order valence-corrected chi connectivity index (χ4v) is 1.98. The van der Waals surface area contributed by atoms with Crippen LogP contribution in [0.25, 0.3) is 0 Å². The van der Waals surface area contributed by atoms with Crippen molar-refractivity contribution in [3.8, 4) is 0 Å². The molecule has 0 radical (unpaired) electrons. The first-order chi connectivity index (χ1) is 5.88. The number of rotatable bonds is 4. The number of allylic oxidation sites excluding steroid dienone is 1. The molecule has 1 unspecified atom stereocenters. The van der Waals surface area contributed by atoms with Crippen molar-refractivity contribution < 1.29 is 0 Å². The summed E-state index contributed by atoms with van der Waals surface area (Å²) in [5.41, 5.74) is 1.66. The molecule has 70 valence electrons. The highest BCUT2D eigenvalue weighted by molar-refractivity contribution is 5.12. The number of nitrogens with one attached hydrogen (secondary N) is 1. The Kier molecular flexibility index (Phi) is 4.37. The zero-order valence-electron chi connectivity index (χ0n) is 8.40. The van der Waals surface area contributed by atoms with Gasteiger partial charge in [-0.15, -0.1) is 0 Å². The standard InChI is InChI=1S/C11H21N/c1-3-7-11(12-2)10-8-5-4-6-9-10/h8,11-12H,3-7,9H2,1-2H3. The van der Waals surface area contributed by atoms with E-state index in [1.54, 1.807) is 5.57 Å². The van der Waals surface area contributed by atoms with Crippen LogP contribution in [0.15, 0.2) is 11.6 Å². The topological polar surface area (TPSA) is 12.0 Å². The fourth-order valence-electron chi connectivity index (χ4n) is 1.98. The van der Waals surface area contributed by atoms with Crippen LogP contribution in [0, 0.1) is 0 Å². The highest BCUT2D eigenvalue weighted by atomic mass is 14.9. The lowest BCUT2D eigenvalue weighted by atomic mass is 9.92. The van der Waals surface area contributed by atoms with E-state index in [2.05, 4.69) is 25.4 Å². The molecule has 1 nitrogen and oxygen atoms in total. The molecule has 1 aliphatic rings. The molecule has 1 rings (SSSR count). The fraction of sp³-hybridized carbons (Fsp3) is 0.818. The van der Waals surface area contributed by atoms with Gasteiger partial charge in [0.25, 0.3) is 0 Å². The first-order valence-electron chi connectivity index (χ1n) is 5.24. The quantitative estimate of drug-likeness (QED) is 0.635. The monoisotopic (exact) mass is 167 g/mol. The summed E-state index contributed by atoms with van der Waals surface area (Å²) in [7, 11) is 2.08. The normalized spacial score (nSPS) is 20.3. The molecule has 1 atom stereocenters. The Balaban J connectivity index is 2.45. The Morgan fingerprint density at radius 3 is 2.83 bits per heavy atom. The average molecular weight is 167 g/mol. The molecule has 0 saturated carbocycles. The summed E-state index contributed by atoms with van der Waals surface area (Å²) in [6.45, 7) is 2.26. The van der Waals surface area contributed by atoms with Gasteiger partial charge in [0, 0.05) is 6.04 Å². The lowest BCUT2D eigenvalue weighted by molar-refractivity contribution is 0.535. The molecule has 1 aliphatic carbocycles. The lowest BCUT2D eigenvalue weighted by Crippen LogP contribution is -2.27. The van der Waals surface area contributed by atoms with Crippen LogP contribution < -0.4 is 5.32 Å². The Bertz CT molecular complexity index is 149. The van der Waals surface area contributed by atoms with E-state index >= 15 is 0 Å². The van der Waals surface area contributed by atoms with Gasteiger partial charge in [-0.3, -0.25) is 0 Å². The van der Waals surface area contributed by atoms with Gasteiger partial charge in [0.2, 0.25) is 0 Å². The first kappa shape index (κ1) is 9.79. The zero-order chi connectivity index (χ0) is 8.81. The maximum absolute atomic E-state index is 3.40. The summed E-state index contributed by atoms with van der Waals surface area (Å²) in [5.74, 6) is 0. The molecular formula is C11H21N. The molecule has 1 N–H and O–H groups in total. The van der Waals surface area contributed by atoms with Gasteiger partial charge < -0.3 is 5.32 Å². The summed E-state index contributed by atoms with van der Waals surface area (Å²) in [4.78, 5) is 0. The molecule has 0 aromatic heterocycles. The molecule has 0 saturated heterocycles. The van der Waals surface area contributed by atoms with Gasteiger partial charge in [0.15, 0.2) is 0 Å². The van der Waals surface area contributed by atoms with Gasteiger partial charge in [0.1, 0.15) is 0 Å². The van der Waals surface area contributed by atoms with Crippen LogP contribution in [-0.4, -0.2) is 13.1 Å². The van der Waals surface area contributed by atoms with Gasteiger partial charge in [-0.05, 0) is 39.2 Å². The molecule has 0 amide bonds. The molecule has 0 bridgehead atoms. The van der Waals surface area contributed by atoms with E-state index in [0.29, 0.717) is 6.04 Å². The third kappa shape index (κ3) is 2.63. The molecule has 0 aromatic rings. The van der Waals surface area contributed by atoms with Crippen molar-refractivity contribution in [1.29, 1.82) is 0 Å². The second kappa shape index (κ2) is 5.36. The van der Waals surface area contributed by atoms with E-state index in [1.807, 2.05) is 0 Å². The smallest absolute Gasteiger partial charge is 0.0276 e. The van der Waals surface area contributed by atoms with Crippen molar-refractivity contribution in [1.82, 2.24) is 5.32 Å². The molecule has 0 heterocycles. The number of likely N-dealkylation sites (N-methyl/N-ethyl adjacent to an activating group) is 1. The van der Waals surface area contributed by atoms with Gasteiger partial charge in [-0.1, -0.05) is 25.0 Å². The predicted octanol–water partition coefficient (Wildman–Crippen LogP) is 2.87. The van der Waals surface area contributed by atoms with Crippen molar-refractivity contribution in [2.75, 3.05) is 7.05 Å². The van der Waals surface area contributed by atoms with Crippen LogP contribution >= 0.6 is 0 Å². The number of hydrogen-bond donors (Lipinski definition) is 1. The Morgan fingerprint density at radius 1 is 1.50 bits per heavy atom. The zero-order valence-corrected chi connectivity index (χ0v) is 8.40. The summed E-state index contributed by atoms with van der Waals surface area (Å²) in [5, 5.41) is 3.40. The van der Waals surface area contributed by atoms with Gasteiger partial charge in [0.05, 0.1) is 0 Å². The SMILES string of the molecule is CCCC(NC)C1=CCCCC1. The molecule has 0 aromatic carbocycles. The number of hydrogen-bond acceptors (Lipinski definition) is 1. The van der Waals surface area contributed by atoms with Gasteiger partial charge in [-0.2, -0.15) is 0 Å². The highest BCUT2D eigenvalue weighted by Gasteiger charge is 2.12. The largest absolute Gasteiger partial charge is 0.313 e. The van der Waals surface area contributed by atoms with Crippen LogP contribution in [-0.2, 0) is 0 Å². The molecule has 0 spiro atoms. The summed E-state index contributed by atoms with van der Waals surface area (Å²) in [6.07, 6.45) is 10.4. The molecular weight excluding hydrogens is 146 g/mol. The van der Waals surface area contributed by atoms with Gasteiger partial charge in [-0.25, -0.2) is 0 Å². The van der Waals surface area contributed by atoms with E-state index in [1.165, 1.54) is 38.5 Å². The lowest BCUT2D eigenvalue weighted by Gasteiger charge is -2.22. The van der Waals surface area contributed by atoms with Crippen LogP contribution in [0.3, 0.4) is 0 Å². The molecule has 0 fully saturated rings. The second-order valence-corrected chi connectivity index (χ2v) is 3.65. The van der Waals surface area contributed by atoms with Crippen molar-refractivity contribution in [3.05, 3.63) is 11.6 Å². The molecule has 12 heavy (non-hydrogen) atoms. The third-order valence-electron chi connectivity index (χ3n) is 2.70. The first-order valence-corrected chi connectivity index (χ1v) is 5.24. The maximum atomic E-state index is 3.40. The van der Waals surface area contributed by atoms with Crippen molar-refractivity contribution in [2.24, 2.45) is 0 Å². The minimum atomic E-state index is 0.662. The van der Waals surface area contributed by atoms with Gasteiger partial charge >= 0.3 is 0 Å². The van der Waals surface area contributed by atoms with E-state index in [9.17, 15) is 0 Å². The second-order valence-electron chi connectivity index (χ2n) is 3.65. The summed E-state index contributed by atoms with van der Waals surface area (Å²) < 4.78 is 0. The van der Waals surface area contributed by atoms with Crippen LogP contribution in [0.5, 0.6) is 0 Å². The van der Waals surface area contributed by atoms with Crippen molar-refractivity contribution in [3.63, 3.8) is 0 Å². The van der Waals surface area contributed by atoms with Crippen LogP contribution in [0.1, 0.15) is 45.4 Å². The molecule has 0 aliphatic heterocycles. The Hall–Kier alpha value is -0.300. The van der Waals surface area contributed by atoms with E-state index in [4.69, 9.17) is 0 Å². The Morgan fingerprint density at radius 2 is 2.33 bits per heavy atom. The molecule has 1 heteroatoms. The third-order valence-corrected chi connectivity index (χ3v) is 2.70. The minimum absolute atomic E-state index is 0.662. The summed E-state index contributed by atoms with van der Waals surface area (Å²) in [6, 6.07) is 0.662. The highest BCUT2D eigenvalue weighted by Crippen LogP contribution is 2.22. The van der Waals surface area contributed by atoms with Crippen molar-refractivity contribution >= 4 is 0 Å². The maximum Gasteiger partial charge on any atom is 0.0276 e. The van der Waals surface area contributed by atoms with E-state index in [-0.39, 0.29) is 0 Å². The van der Waals surface area contributed by atoms with E-state index in [0.717, 1.165) is 0 Å². The Labute approximate surface area is 76.2 Å². The minimum Gasteiger partial charge on any atom is -0.313 e. The average Bonchev–Trinajstić information content (AvgIpc) is 2.15. The van der Waals surface area contributed by atoms with Crippen molar-refractivity contribution in [2.45, 2.75) is 51.5 Å². The predicted molar refractivity (Wildman–Crippen MR) is 54.3 cm³/mol.